The van der Waals surface area contributed by atoms with Crippen LogP contribution in [0.3, 0.4) is 0 Å². The molecule has 2 aliphatic carbocycles. The highest BCUT2D eigenvalue weighted by molar-refractivity contribution is 7.91. The molecule has 2 unspecified atom stereocenters. The molecule has 2 aromatic carbocycles. The molecule has 2 heterocycles. The van der Waals surface area contributed by atoms with Crippen LogP contribution in [-0.2, 0) is 32.5 Å². The largest absolute Gasteiger partial charge is 0.296 e. The first-order valence-electron chi connectivity index (χ1n) is 11.7. The molecule has 0 radical (unpaired) electrons. The van der Waals surface area contributed by atoms with Crippen LogP contribution in [0, 0.1) is 11.8 Å². The highest BCUT2D eigenvalue weighted by Crippen LogP contribution is 2.34. The van der Waals surface area contributed by atoms with Gasteiger partial charge in [-0.05, 0) is 57.3 Å². The fourth-order valence-electron chi connectivity index (χ4n) is 4.81. The molecule has 17 heteroatoms. The van der Waals surface area contributed by atoms with Gasteiger partial charge in [-0.3, -0.25) is 28.8 Å². The summed E-state index contributed by atoms with van der Waals surface area (Å²) in [7, 11) is -4.38. The number of carbonyl (C=O) groups excluding carboxylic acids is 6. The summed E-state index contributed by atoms with van der Waals surface area (Å²) in [5.74, 6) is -8.13. The Hall–Kier alpha value is -5.45. The van der Waals surface area contributed by atoms with Crippen LogP contribution < -0.4 is 0 Å². The third-order valence-corrected chi connectivity index (χ3v) is 8.52. The van der Waals surface area contributed by atoms with Gasteiger partial charge in [0, 0.05) is 22.3 Å². The van der Waals surface area contributed by atoms with Crippen LogP contribution in [0.4, 0.5) is 0 Å². The topological polar surface area (TPSA) is 224 Å². The molecule has 0 N–H and O–H groups in total. The molecule has 0 aliphatic heterocycles. The first-order chi connectivity index (χ1) is 19.6. The SMILES string of the molecule is O=C(Cn1cnnn1)C1C(=O)c2ccc(S(=O)(=O)c3ccc4c(c3)C(=O)C(C(=O)Cn3cnnn3)C4=O)cc2C1=O. The van der Waals surface area contributed by atoms with Crippen molar-refractivity contribution in [1.82, 2.24) is 40.4 Å². The summed E-state index contributed by atoms with van der Waals surface area (Å²) in [6.45, 7) is -0.870. The molecule has 16 nitrogen and oxygen atoms in total. The molecule has 2 aromatic heterocycles. The quantitative estimate of drug-likeness (QED) is 0.231. The number of fused-ring (bicyclic) bond motifs is 2. The molecule has 0 bridgehead atoms. The highest BCUT2D eigenvalue weighted by Gasteiger charge is 2.45. The van der Waals surface area contributed by atoms with E-state index in [0.717, 1.165) is 58.4 Å². The number of carbonyl (C=O) groups is 6. The predicted octanol–water partition coefficient (Wildman–Crippen LogP) is -0.979. The van der Waals surface area contributed by atoms with Crippen molar-refractivity contribution in [3.05, 3.63) is 71.3 Å². The second-order valence-corrected chi connectivity index (χ2v) is 11.1. The van der Waals surface area contributed by atoms with Gasteiger partial charge in [0.25, 0.3) is 0 Å². The Morgan fingerprint density at radius 1 is 0.634 bits per heavy atom. The number of hydrogen-bond donors (Lipinski definition) is 0. The molecular formula is C24H14N8O8S. The minimum atomic E-state index is -4.38. The Kier molecular flexibility index (Phi) is 5.88. The number of tetrazole rings is 2. The lowest BCUT2D eigenvalue weighted by Crippen LogP contribution is -2.29. The number of rotatable bonds is 8. The minimum absolute atomic E-state index is 0.109. The van der Waals surface area contributed by atoms with Gasteiger partial charge in [0.15, 0.2) is 34.7 Å². The van der Waals surface area contributed by atoms with E-state index in [1.165, 1.54) is 0 Å². The molecule has 41 heavy (non-hydrogen) atoms. The molecular weight excluding hydrogens is 560 g/mol. The van der Waals surface area contributed by atoms with Crippen molar-refractivity contribution in [3.63, 3.8) is 0 Å². The van der Waals surface area contributed by atoms with Gasteiger partial charge in [0.1, 0.15) is 37.6 Å². The molecule has 4 aromatic rings. The maximum Gasteiger partial charge on any atom is 0.206 e. The van der Waals surface area contributed by atoms with Gasteiger partial charge in [0.2, 0.25) is 9.84 Å². The number of aromatic nitrogens is 8. The second-order valence-electron chi connectivity index (χ2n) is 9.19. The van der Waals surface area contributed by atoms with Crippen molar-refractivity contribution in [1.29, 1.82) is 0 Å². The maximum absolute atomic E-state index is 13.5. The third-order valence-electron chi connectivity index (χ3n) is 6.78. The van der Waals surface area contributed by atoms with Gasteiger partial charge >= 0.3 is 0 Å². The van der Waals surface area contributed by atoms with E-state index in [9.17, 15) is 37.2 Å². The van der Waals surface area contributed by atoms with Crippen LogP contribution in [0.25, 0.3) is 0 Å². The first-order valence-corrected chi connectivity index (χ1v) is 13.2. The second kappa shape index (κ2) is 9.33. The summed E-state index contributed by atoms with van der Waals surface area (Å²) >= 11 is 0. The highest BCUT2D eigenvalue weighted by atomic mass is 32.2. The van der Waals surface area contributed by atoms with E-state index in [1.54, 1.807) is 0 Å². The molecule has 0 saturated heterocycles. The fraction of sp³-hybridized carbons (Fsp3) is 0.167. The third kappa shape index (κ3) is 4.09. The lowest BCUT2D eigenvalue weighted by atomic mass is 9.98. The molecule has 0 fully saturated rings. The van der Waals surface area contributed by atoms with Crippen LogP contribution >= 0.6 is 0 Å². The zero-order valence-electron chi connectivity index (χ0n) is 20.4. The number of nitrogens with zero attached hydrogens (tertiary/aromatic N) is 8. The van der Waals surface area contributed by atoms with Crippen molar-refractivity contribution in [2.24, 2.45) is 11.8 Å². The monoisotopic (exact) mass is 574 g/mol. The van der Waals surface area contributed by atoms with Crippen molar-refractivity contribution < 1.29 is 37.2 Å². The van der Waals surface area contributed by atoms with E-state index in [0.29, 0.717) is 0 Å². The van der Waals surface area contributed by atoms with Gasteiger partial charge < -0.3 is 0 Å². The Morgan fingerprint density at radius 3 is 1.39 bits per heavy atom. The van der Waals surface area contributed by atoms with E-state index in [-0.39, 0.29) is 32.0 Å². The Balaban J connectivity index is 1.28. The van der Waals surface area contributed by atoms with Gasteiger partial charge in [0.05, 0.1) is 9.79 Å². The maximum atomic E-state index is 13.5. The summed E-state index contributed by atoms with van der Waals surface area (Å²) in [5, 5.41) is 20.6. The van der Waals surface area contributed by atoms with Gasteiger partial charge in [-0.25, -0.2) is 17.8 Å². The summed E-state index contributed by atoms with van der Waals surface area (Å²) in [5.41, 5.74) is -0.705. The van der Waals surface area contributed by atoms with Crippen LogP contribution in [0.1, 0.15) is 41.4 Å². The Morgan fingerprint density at radius 2 is 1.02 bits per heavy atom. The number of Topliss-reactive ketones (excluding diaryl/α,β-unsaturated/α-hetero) is 6. The van der Waals surface area contributed by atoms with Gasteiger partial charge in [-0.2, -0.15) is 0 Å². The molecule has 6 rings (SSSR count). The van der Waals surface area contributed by atoms with E-state index < -0.39 is 69.5 Å². The predicted molar refractivity (Wildman–Crippen MR) is 128 cm³/mol. The molecule has 0 saturated carbocycles. The zero-order valence-corrected chi connectivity index (χ0v) is 21.3. The Labute approximate surface area is 228 Å². The average Bonchev–Trinajstić information content (AvgIpc) is 3.74. The summed E-state index contributed by atoms with van der Waals surface area (Å²) in [6, 6.07) is 6.48. The van der Waals surface area contributed by atoms with E-state index in [2.05, 4.69) is 31.1 Å². The lowest BCUT2D eigenvalue weighted by Gasteiger charge is -2.08. The average molecular weight is 574 g/mol. The van der Waals surface area contributed by atoms with Crippen molar-refractivity contribution >= 4 is 44.5 Å². The Bertz CT molecular complexity index is 1800. The number of hydrogen-bond acceptors (Lipinski definition) is 14. The van der Waals surface area contributed by atoms with Crippen LogP contribution in [0.2, 0.25) is 0 Å². The zero-order chi connectivity index (χ0) is 29.1. The lowest BCUT2D eigenvalue weighted by molar-refractivity contribution is -0.122. The summed E-state index contributed by atoms with van der Waals surface area (Å²) < 4.78 is 29.1. The number of sulfone groups is 1. The molecule has 0 amide bonds. The summed E-state index contributed by atoms with van der Waals surface area (Å²) in [6.07, 6.45) is 2.28. The summed E-state index contributed by atoms with van der Waals surface area (Å²) in [4.78, 5) is 76.2. The van der Waals surface area contributed by atoms with Crippen molar-refractivity contribution in [3.8, 4) is 0 Å². The van der Waals surface area contributed by atoms with E-state index >= 15 is 0 Å². The normalized spacial score (nSPS) is 18.0. The van der Waals surface area contributed by atoms with Gasteiger partial charge in [-0.1, -0.05) is 0 Å². The van der Waals surface area contributed by atoms with E-state index in [4.69, 9.17) is 0 Å². The van der Waals surface area contributed by atoms with Crippen LogP contribution in [0.5, 0.6) is 0 Å². The van der Waals surface area contributed by atoms with Gasteiger partial charge in [-0.15, -0.1) is 10.2 Å². The van der Waals surface area contributed by atoms with Crippen LogP contribution in [-0.4, -0.2) is 83.5 Å². The molecule has 204 valence electrons. The first kappa shape index (κ1) is 25.8. The standard InChI is InChI=1S/C24H14N8O8S/c33-17(7-31-9-25-27-29-31)19-21(35)13-3-1-11(5-15(13)23(19)37)41(39,40)12-2-4-14-16(6-12)24(38)20(22(14)36)18(34)8-32-10-26-28-30-32/h1-6,9-10,19-20H,7-8H2. The molecule has 2 aliphatic rings. The smallest absolute Gasteiger partial charge is 0.206 e. The van der Waals surface area contributed by atoms with Crippen molar-refractivity contribution in [2.45, 2.75) is 22.9 Å². The minimum Gasteiger partial charge on any atom is -0.296 e. The van der Waals surface area contributed by atoms with Crippen molar-refractivity contribution in [2.75, 3.05) is 0 Å². The number of benzene rings is 2. The number of ketones is 6. The van der Waals surface area contributed by atoms with Crippen LogP contribution in [0.15, 0.2) is 58.8 Å². The molecule has 2 atom stereocenters. The fourth-order valence-corrected chi connectivity index (χ4v) is 6.12. The molecule has 0 spiro atoms. The van der Waals surface area contributed by atoms with E-state index in [1.807, 2.05) is 0 Å².